The lowest BCUT2D eigenvalue weighted by Crippen LogP contribution is -2.32. The van der Waals surface area contributed by atoms with E-state index in [1.54, 1.807) is 0 Å². The normalized spacial score (nSPS) is 10.8. The van der Waals surface area contributed by atoms with Crippen molar-refractivity contribution in [2.24, 2.45) is 0 Å². The smallest absolute Gasteiger partial charge is 0.274 e. The van der Waals surface area contributed by atoms with Crippen LogP contribution in [0.2, 0.25) is 0 Å². The minimum atomic E-state index is 0.0659. The van der Waals surface area contributed by atoms with Crippen molar-refractivity contribution in [2.75, 3.05) is 13.1 Å². The molecule has 0 radical (unpaired) electrons. The largest absolute Gasteiger partial charge is 0.337 e. The minimum absolute atomic E-state index is 0.0659. The van der Waals surface area contributed by atoms with E-state index in [0.717, 1.165) is 36.0 Å². The van der Waals surface area contributed by atoms with Crippen molar-refractivity contribution in [3.8, 4) is 0 Å². The van der Waals surface area contributed by atoms with E-state index in [9.17, 15) is 4.79 Å². The van der Waals surface area contributed by atoms with Crippen LogP contribution < -0.4 is 0 Å². The van der Waals surface area contributed by atoms with Gasteiger partial charge in [-0.3, -0.25) is 4.79 Å². The summed E-state index contributed by atoms with van der Waals surface area (Å²) in [5.41, 5.74) is 0.609. The third kappa shape index (κ3) is 2.53. The molecule has 1 aromatic carbocycles. The van der Waals surface area contributed by atoms with E-state index in [4.69, 9.17) is 0 Å². The highest BCUT2D eigenvalue weighted by atomic mass is 32.1. The molecule has 0 saturated carbocycles. The Morgan fingerprint density at radius 3 is 2.56 bits per heavy atom. The molecule has 1 amide bonds. The van der Waals surface area contributed by atoms with Crippen molar-refractivity contribution in [3.63, 3.8) is 0 Å². The van der Waals surface area contributed by atoms with Gasteiger partial charge in [-0.25, -0.2) is 0 Å². The first-order valence-electron chi connectivity index (χ1n) is 6.41. The lowest BCUT2D eigenvalue weighted by atomic mass is 10.2. The first-order chi connectivity index (χ1) is 8.77. The molecule has 18 heavy (non-hydrogen) atoms. The molecule has 2 aromatic rings. The first kappa shape index (κ1) is 13.0. The molecular formula is C14H18N2OS. The molecule has 0 aliphatic heterocycles. The Kier molecular flexibility index (Phi) is 4.31. The van der Waals surface area contributed by atoms with Gasteiger partial charge in [0.25, 0.3) is 5.91 Å². The van der Waals surface area contributed by atoms with E-state index in [1.807, 2.05) is 29.2 Å². The van der Waals surface area contributed by atoms with Crippen LogP contribution in [-0.2, 0) is 0 Å². The van der Waals surface area contributed by atoms with Gasteiger partial charge in [-0.2, -0.15) is 4.37 Å². The molecule has 0 fully saturated rings. The average Bonchev–Trinajstić information content (AvgIpc) is 2.81. The molecule has 2 rings (SSSR count). The SMILES string of the molecule is CCCN(CCC)C(=O)c1nsc2ccccc12. The molecule has 96 valence electrons. The monoisotopic (exact) mass is 262 g/mol. The van der Waals surface area contributed by atoms with E-state index < -0.39 is 0 Å². The fourth-order valence-electron chi connectivity index (χ4n) is 2.04. The zero-order valence-corrected chi connectivity index (χ0v) is 11.7. The molecule has 0 bridgehead atoms. The Bertz CT molecular complexity index is 529. The molecule has 0 aliphatic rings. The van der Waals surface area contributed by atoms with Crippen LogP contribution >= 0.6 is 11.5 Å². The molecule has 3 nitrogen and oxygen atoms in total. The number of fused-ring (bicyclic) bond motifs is 1. The molecular weight excluding hydrogens is 244 g/mol. The van der Waals surface area contributed by atoms with Crippen molar-refractivity contribution in [2.45, 2.75) is 26.7 Å². The summed E-state index contributed by atoms with van der Waals surface area (Å²) in [5.74, 6) is 0.0659. The second-order valence-electron chi connectivity index (χ2n) is 4.32. The van der Waals surface area contributed by atoms with Gasteiger partial charge in [-0.05, 0) is 30.4 Å². The topological polar surface area (TPSA) is 33.2 Å². The third-order valence-corrected chi connectivity index (χ3v) is 3.68. The van der Waals surface area contributed by atoms with E-state index in [-0.39, 0.29) is 5.91 Å². The highest BCUT2D eigenvalue weighted by Crippen LogP contribution is 2.23. The first-order valence-corrected chi connectivity index (χ1v) is 7.19. The van der Waals surface area contributed by atoms with Crippen molar-refractivity contribution >= 4 is 27.5 Å². The standard InChI is InChI=1S/C14H18N2OS/c1-3-9-16(10-4-2)14(17)13-11-7-5-6-8-12(11)18-15-13/h5-8H,3-4,9-10H2,1-2H3. The lowest BCUT2D eigenvalue weighted by molar-refractivity contribution is 0.0753. The number of carbonyl (C=O) groups is 1. The van der Waals surface area contributed by atoms with Gasteiger partial charge < -0.3 is 4.90 Å². The van der Waals surface area contributed by atoms with Gasteiger partial charge in [0.1, 0.15) is 5.69 Å². The van der Waals surface area contributed by atoms with E-state index >= 15 is 0 Å². The Morgan fingerprint density at radius 2 is 1.89 bits per heavy atom. The third-order valence-electron chi connectivity index (χ3n) is 2.85. The van der Waals surface area contributed by atoms with Gasteiger partial charge in [0.15, 0.2) is 0 Å². The summed E-state index contributed by atoms with van der Waals surface area (Å²) in [5, 5.41) is 0.977. The van der Waals surface area contributed by atoms with Crippen LogP contribution in [0, 0.1) is 0 Å². The number of rotatable bonds is 5. The fourth-order valence-corrected chi connectivity index (χ4v) is 2.81. The molecule has 0 atom stereocenters. The van der Waals surface area contributed by atoms with Crippen LogP contribution in [0.1, 0.15) is 37.2 Å². The Balaban J connectivity index is 2.31. The quantitative estimate of drug-likeness (QED) is 0.825. The Labute approximate surface area is 112 Å². The minimum Gasteiger partial charge on any atom is -0.337 e. The second kappa shape index (κ2) is 5.96. The summed E-state index contributed by atoms with van der Waals surface area (Å²) in [7, 11) is 0. The summed E-state index contributed by atoms with van der Waals surface area (Å²) in [6, 6.07) is 7.91. The number of aromatic nitrogens is 1. The van der Waals surface area contributed by atoms with Crippen LogP contribution in [0.15, 0.2) is 24.3 Å². The fraction of sp³-hybridized carbons (Fsp3) is 0.429. The van der Waals surface area contributed by atoms with Gasteiger partial charge in [-0.1, -0.05) is 32.0 Å². The van der Waals surface area contributed by atoms with Crippen molar-refractivity contribution in [3.05, 3.63) is 30.0 Å². The van der Waals surface area contributed by atoms with E-state index in [0.29, 0.717) is 5.69 Å². The van der Waals surface area contributed by atoms with E-state index in [2.05, 4.69) is 18.2 Å². The second-order valence-corrected chi connectivity index (χ2v) is 5.12. The van der Waals surface area contributed by atoms with Crippen molar-refractivity contribution in [1.82, 2.24) is 9.27 Å². The van der Waals surface area contributed by atoms with Gasteiger partial charge in [0.2, 0.25) is 0 Å². The zero-order valence-electron chi connectivity index (χ0n) is 10.8. The Morgan fingerprint density at radius 1 is 1.22 bits per heavy atom. The summed E-state index contributed by atoms with van der Waals surface area (Å²) < 4.78 is 5.41. The maximum atomic E-state index is 12.5. The summed E-state index contributed by atoms with van der Waals surface area (Å²) in [4.78, 5) is 14.4. The number of hydrogen-bond donors (Lipinski definition) is 0. The predicted molar refractivity (Wildman–Crippen MR) is 76.1 cm³/mol. The van der Waals surface area contributed by atoms with Gasteiger partial charge in [-0.15, -0.1) is 0 Å². The van der Waals surface area contributed by atoms with E-state index in [1.165, 1.54) is 11.5 Å². The lowest BCUT2D eigenvalue weighted by Gasteiger charge is -2.20. The molecule has 0 saturated heterocycles. The number of nitrogens with zero attached hydrogens (tertiary/aromatic N) is 2. The summed E-state index contributed by atoms with van der Waals surface area (Å²) in [6.07, 6.45) is 1.96. The molecule has 1 aromatic heterocycles. The molecule has 0 unspecified atom stereocenters. The van der Waals surface area contributed by atoms with Gasteiger partial charge >= 0.3 is 0 Å². The van der Waals surface area contributed by atoms with Crippen LogP contribution in [-0.4, -0.2) is 28.3 Å². The van der Waals surface area contributed by atoms with Crippen LogP contribution in [0.5, 0.6) is 0 Å². The molecule has 0 aliphatic carbocycles. The number of carbonyl (C=O) groups excluding carboxylic acids is 1. The number of benzene rings is 1. The number of hydrogen-bond acceptors (Lipinski definition) is 3. The highest BCUT2D eigenvalue weighted by molar-refractivity contribution is 7.13. The van der Waals surface area contributed by atoms with Gasteiger partial charge in [0, 0.05) is 18.5 Å². The van der Waals surface area contributed by atoms with Crippen molar-refractivity contribution < 1.29 is 4.79 Å². The number of amides is 1. The van der Waals surface area contributed by atoms with Crippen LogP contribution in [0.3, 0.4) is 0 Å². The predicted octanol–water partition coefficient (Wildman–Crippen LogP) is 3.56. The average molecular weight is 262 g/mol. The van der Waals surface area contributed by atoms with Crippen LogP contribution in [0.25, 0.3) is 10.1 Å². The molecule has 1 heterocycles. The summed E-state index contributed by atoms with van der Waals surface area (Å²) >= 11 is 1.40. The van der Waals surface area contributed by atoms with Crippen LogP contribution in [0.4, 0.5) is 0 Å². The summed E-state index contributed by atoms with van der Waals surface area (Å²) in [6.45, 7) is 5.79. The highest BCUT2D eigenvalue weighted by Gasteiger charge is 2.19. The zero-order chi connectivity index (χ0) is 13.0. The maximum Gasteiger partial charge on any atom is 0.274 e. The molecule has 0 spiro atoms. The van der Waals surface area contributed by atoms with Gasteiger partial charge in [0.05, 0.1) is 4.70 Å². The molecule has 0 N–H and O–H groups in total. The molecule has 4 heteroatoms. The maximum absolute atomic E-state index is 12.5. The van der Waals surface area contributed by atoms with Crippen molar-refractivity contribution in [1.29, 1.82) is 0 Å². The Hall–Kier alpha value is -1.42.